The Labute approximate surface area is 121 Å². The first kappa shape index (κ1) is 13.4. The average molecular weight is 290 g/mol. The van der Waals surface area contributed by atoms with Gasteiger partial charge in [-0.2, -0.15) is 4.98 Å². The molecule has 0 aliphatic carbocycles. The predicted molar refractivity (Wildman–Crippen MR) is 76.9 cm³/mol. The number of anilines is 3. The molecule has 2 heterocycles. The minimum atomic E-state index is -0.522. The van der Waals surface area contributed by atoms with E-state index in [1.54, 1.807) is 18.2 Å². The number of hydrogen-bond donors (Lipinski definition) is 2. The zero-order chi connectivity index (χ0) is 14.7. The van der Waals surface area contributed by atoms with Gasteiger partial charge >= 0.3 is 0 Å². The maximum atomic E-state index is 13.8. The molecule has 0 saturated heterocycles. The van der Waals surface area contributed by atoms with Gasteiger partial charge in [-0.05, 0) is 19.1 Å². The molecule has 0 unspecified atom stereocenters. The zero-order valence-electron chi connectivity index (χ0n) is 11.5. The Morgan fingerprint density at radius 3 is 2.86 bits per heavy atom. The van der Waals surface area contributed by atoms with E-state index in [2.05, 4.69) is 20.6 Å². The van der Waals surface area contributed by atoms with Gasteiger partial charge in [0.2, 0.25) is 5.95 Å². The number of hydrogen-bond acceptors (Lipinski definition) is 6. The lowest BCUT2D eigenvalue weighted by molar-refractivity contribution is 0.171. The maximum absolute atomic E-state index is 13.8. The number of benzene rings is 1. The number of ether oxygens (including phenoxy) is 2. The second-order valence-electron chi connectivity index (χ2n) is 4.40. The van der Waals surface area contributed by atoms with Gasteiger partial charge in [-0.3, -0.25) is 0 Å². The molecule has 3 rings (SSSR count). The molecular weight excluding hydrogens is 275 g/mol. The van der Waals surface area contributed by atoms with Crippen LogP contribution in [0.2, 0.25) is 0 Å². The number of halogens is 1. The van der Waals surface area contributed by atoms with E-state index < -0.39 is 5.82 Å². The highest BCUT2D eigenvalue weighted by Crippen LogP contribution is 2.33. The maximum Gasteiger partial charge on any atom is 0.224 e. The lowest BCUT2D eigenvalue weighted by Crippen LogP contribution is -2.15. The number of fused-ring (bicyclic) bond motifs is 1. The summed E-state index contributed by atoms with van der Waals surface area (Å²) in [5, 5.41) is 5.86. The molecule has 110 valence electrons. The molecule has 0 bridgehead atoms. The van der Waals surface area contributed by atoms with Crippen LogP contribution in [0.4, 0.5) is 21.8 Å². The monoisotopic (exact) mass is 290 g/mol. The average Bonchev–Trinajstić information content (AvgIpc) is 2.51. The summed E-state index contributed by atoms with van der Waals surface area (Å²) in [6.07, 6.45) is 1.13. The van der Waals surface area contributed by atoms with Crippen molar-refractivity contribution >= 4 is 17.5 Å². The second kappa shape index (κ2) is 5.82. The molecule has 7 heteroatoms. The van der Waals surface area contributed by atoms with Crippen LogP contribution < -0.4 is 20.1 Å². The molecule has 0 saturated carbocycles. The summed E-state index contributed by atoms with van der Waals surface area (Å²) < 4.78 is 24.7. The Balaban J connectivity index is 1.84. The molecule has 1 aliphatic rings. The predicted octanol–water partition coefficient (Wildman–Crippen LogP) is 2.56. The Hall–Kier alpha value is -2.57. The van der Waals surface area contributed by atoms with Gasteiger partial charge in [0.15, 0.2) is 23.1 Å². The van der Waals surface area contributed by atoms with E-state index in [0.29, 0.717) is 42.9 Å². The Bertz CT molecular complexity index is 651. The van der Waals surface area contributed by atoms with Crippen molar-refractivity contribution in [3.05, 3.63) is 30.2 Å². The van der Waals surface area contributed by atoms with Gasteiger partial charge in [0.1, 0.15) is 13.2 Å². The van der Waals surface area contributed by atoms with Crippen molar-refractivity contribution in [1.82, 2.24) is 9.97 Å². The largest absolute Gasteiger partial charge is 0.486 e. The molecule has 0 spiro atoms. The number of nitrogens with zero attached hydrogens (tertiary/aromatic N) is 2. The first-order valence-electron chi connectivity index (χ1n) is 6.69. The van der Waals surface area contributed by atoms with E-state index in [9.17, 15) is 4.39 Å². The first-order chi connectivity index (χ1) is 10.3. The topological polar surface area (TPSA) is 68.3 Å². The first-order valence-corrected chi connectivity index (χ1v) is 6.69. The quantitative estimate of drug-likeness (QED) is 0.902. The molecule has 1 aliphatic heterocycles. The molecule has 2 aromatic rings. The molecule has 0 fully saturated rings. The van der Waals surface area contributed by atoms with Crippen LogP contribution in [0.3, 0.4) is 0 Å². The standard InChI is InChI=1S/C14H15FN4O2/c1-2-16-14-17-8-10(15)13(19-14)18-9-3-4-11-12(7-9)21-6-5-20-11/h3-4,7-8H,2,5-6H2,1H3,(H2,16,17,18,19). The van der Waals surface area contributed by atoms with Crippen LogP contribution in [0.25, 0.3) is 0 Å². The number of aromatic nitrogens is 2. The van der Waals surface area contributed by atoms with Crippen molar-refractivity contribution in [3.8, 4) is 11.5 Å². The minimum Gasteiger partial charge on any atom is -0.486 e. The van der Waals surface area contributed by atoms with Crippen molar-refractivity contribution in [2.24, 2.45) is 0 Å². The minimum absolute atomic E-state index is 0.109. The van der Waals surface area contributed by atoms with E-state index >= 15 is 0 Å². The smallest absolute Gasteiger partial charge is 0.224 e. The number of nitrogens with one attached hydrogen (secondary N) is 2. The number of rotatable bonds is 4. The molecule has 21 heavy (non-hydrogen) atoms. The normalized spacial score (nSPS) is 12.9. The second-order valence-corrected chi connectivity index (χ2v) is 4.40. The van der Waals surface area contributed by atoms with E-state index in [1.807, 2.05) is 6.92 Å². The molecule has 0 radical (unpaired) electrons. The Morgan fingerprint density at radius 1 is 1.24 bits per heavy atom. The fourth-order valence-electron chi connectivity index (χ4n) is 1.96. The summed E-state index contributed by atoms with van der Waals surface area (Å²) in [5.74, 6) is 1.28. The summed E-state index contributed by atoms with van der Waals surface area (Å²) in [7, 11) is 0. The van der Waals surface area contributed by atoms with Gasteiger partial charge in [0.05, 0.1) is 6.20 Å². The molecule has 6 nitrogen and oxygen atoms in total. The third-order valence-corrected chi connectivity index (χ3v) is 2.88. The van der Waals surface area contributed by atoms with Crippen molar-refractivity contribution < 1.29 is 13.9 Å². The van der Waals surface area contributed by atoms with Gasteiger partial charge in [0.25, 0.3) is 0 Å². The van der Waals surface area contributed by atoms with Crippen LogP contribution in [-0.4, -0.2) is 29.7 Å². The lowest BCUT2D eigenvalue weighted by Gasteiger charge is -2.19. The summed E-state index contributed by atoms with van der Waals surface area (Å²) in [4.78, 5) is 7.95. The molecule has 0 atom stereocenters. The summed E-state index contributed by atoms with van der Waals surface area (Å²) >= 11 is 0. The van der Waals surface area contributed by atoms with Gasteiger partial charge < -0.3 is 20.1 Å². The zero-order valence-corrected chi connectivity index (χ0v) is 11.5. The fraction of sp³-hybridized carbons (Fsp3) is 0.286. The highest BCUT2D eigenvalue weighted by Gasteiger charge is 2.13. The van der Waals surface area contributed by atoms with E-state index in [1.165, 1.54) is 0 Å². The Kier molecular flexibility index (Phi) is 3.72. The van der Waals surface area contributed by atoms with Gasteiger partial charge in [-0.15, -0.1) is 0 Å². The van der Waals surface area contributed by atoms with E-state index in [4.69, 9.17) is 9.47 Å². The summed E-state index contributed by atoms with van der Waals surface area (Å²) in [6.45, 7) is 3.62. The molecule has 2 N–H and O–H groups in total. The lowest BCUT2D eigenvalue weighted by atomic mass is 10.2. The van der Waals surface area contributed by atoms with Crippen molar-refractivity contribution in [2.45, 2.75) is 6.92 Å². The van der Waals surface area contributed by atoms with Crippen molar-refractivity contribution in [1.29, 1.82) is 0 Å². The molecule has 1 aromatic carbocycles. The highest BCUT2D eigenvalue weighted by molar-refractivity contribution is 5.62. The van der Waals surface area contributed by atoms with Crippen LogP contribution in [0, 0.1) is 5.82 Å². The molecule has 0 amide bonds. The SMILES string of the molecule is CCNc1ncc(F)c(Nc2ccc3c(c2)OCCO3)n1. The van der Waals surface area contributed by atoms with Crippen LogP contribution >= 0.6 is 0 Å². The Morgan fingerprint density at radius 2 is 2.05 bits per heavy atom. The molecule has 1 aromatic heterocycles. The summed E-state index contributed by atoms with van der Waals surface area (Å²) in [6, 6.07) is 5.31. The van der Waals surface area contributed by atoms with E-state index in [-0.39, 0.29) is 5.82 Å². The van der Waals surface area contributed by atoms with Crippen LogP contribution in [0.15, 0.2) is 24.4 Å². The van der Waals surface area contributed by atoms with Crippen molar-refractivity contribution in [2.75, 3.05) is 30.4 Å². The van der Waals surface area contributed by atoms with Gasteiger partial charge in [0, 0.05) is 18.3 Å². The van der Waals surface area contributed by atoms with Crippen LogP contribution in [0.1, 0.15) is 6.92 Å². The van der Waals surface area contributed by atoms with Crippen molar-refractivity contribution in [3.63, 3.8) is 0 Å². The third kappa shape index (κ3) is 2.96. The van der Waals surface area contributed by atoms with Crippen LogP contribution in [-0.2, 0) is 0 Å². The fourth-order valence-corrected chi connectivity index (χ4v) is 1.96. The highest BCUT2D eigenvalue weighted by atomic mass is 19.1. The third-order valence-electron chi connectivity index (χ3n) is 2.88. The van der Waals surface area contributed by atoms with Gasteiger partial charge in [-0.25, -0.2) is 9.37 Å². The van der Waals surface area contributed by atoms with Crippen LogP contribution in [0.5, 0.6) is 11.5 Å². The van der Waals surface area contributed by atoms with E-state index in [0.717, 1.165) is 6.20 Å². The summed E-state index contributed by atoms with van der Waals surface area (Å²) in [5.41, 5.74) is 0.666. The molecular formula is C14H15FN4O2. The van der Waals surface area contributed by atoms with Gasteiger partial charge in [-0.1, -0.05) is 0 Å².